The van der Waals surface area contributed by atoms with E-state index in [2.05, 4.69) is 15.7 Å². The Hall–Kier alpha value is -1.36. The van der Waals surface area contributed by atoms with Crippen molar-refractivity contribution in [1.82, 2.24) is 20.4 Å². The number of aromatic nitrogens is 2. The first-order valence-corrected chi connectivity index (χ1v) is 5.29. The third-order valence-corrected chi connectivity index (χ3v) is 2.71. The number of hydrogen-bond acceptors (Lipinski definition) is 3. The van der Waals surface area contributed by atoms with Gasteiger partial charge in [-0.3, -0.25) is 9.48 Å². The first-order chi connectivity index (χ1) is 7.31. The molecule has 0 spiro atoms. The molecule has 0 unspecified atom stereocenters. The van der Waals surface area contributed by atoms with Gasteiger partial charge in [0.15, 0.2) is 0 Å². The van der Waals surface area contributed by atoms with Crippen molar-refractivity contribution in [2.75, 3.05) is 20.1 Å². The lowest BCUT2D eigenvalue weighted by Crippen LogP contribution is -2.32. The summed E-state index contributed by atoms with van der Waals surface area (Å²) in [4.78, 5) is 11.3. The number of hydrogen-bond donors (Lipinski definition) is 2. The van der Waals surface area contributed by atoms with E-state index in [1.54, 1.807) is 13.1 Å². The summed E-state index contributed by atoms with van der Waals surface area (Å²) in [5.74, 6) is -0.127. The highest BCUT2D eigenvalue weighted by molar-refractivity contribution is 5.91. The number of amides is 1. The minimum Gasteiger partial charge on any atom is -0.354 e. The van der Waals surface area contributed by atoms with Gasteiger partial charge in [0.25, 0.3) is 5.91 Å². The van der Waals surface area contributed by atoms with E-state index in [1.165, 1.54) is 6.42 Å². The zero-order chi connectivity index (χ0) is 10.7. The fraction of sp³-hybridized carbons (Fsp3) is 0.600. The fourth-order valence-electron chi connectivity index (χ4n) is 1.85. The van der Waals surface area contributed by atoms with Gasteiger partial charge >= 0.3 is 0 Å². The molecule has 1 amide bonds. The van der Waals surface area contributed by atoms with Crippen LogP contribution in [0.2, 0.25) is 0 Å². The molecule has 2 rings (SSSR count). The highest BCUT2D eigenvalue weighted by atomic mass is 16.1. The Morgan fingerprint density at radius 1 is 1.73 bits per heavy atom. The lowest BCUT2D eigenvalue weighted by atomic mass is 10.1. The molecule has 2 N–H and O–H groups in total. The van der Waals surface area contributed by atoms with Gasteiger partial charge in [0.05, 0.1) is 6.04 Å². The zero-order valence-electron chi connectivity index (χ0n) is 8.86. The van der Waals surface area contributed by atoms with Gasteiger partial charge in [-0.15, -0.1) is 0 Å². The number of nitrogens with zero attached hydrogens (tertiary/aromatic N) is 2. The van der Waals surface area contributed by atoms with Gasteiger partial charge in [-0.25, -0.2) is 0 Å². The van der Waals surface area contributed by atoms with E-state index in [1.807, 2.05) is 10.9 Å². The molecule has 5 nitrogen and oxygen atoms in total. The Balaban J connectivity index is 2.08. The van der Waals surface area contributed by atoms with Gasteiger partial charge in [0.2, 0.25) is 0 Å². The summed E-state index contributed by atoms with van der Waals surface area (Å²) < 4.78 is 1.89. The third kappa shape index (κ3) is 2.18. The topological polar surface area (TPSA) is 59.0 Å². The highest BCUT2D eigenvalue weighted by Gasteiger charge is 2.16. The van der Waals surface area contributed by atoms with Gasteiger partial charge in [-0.2, -0.15) is 5.10 Å². The van der Waals surface area contributed by atoms with E-state index in [-0.39, 0.29) is 5.91 Å². The van der Waals surface area contributed by atoms with Gasteiger partial charge in [-0.05, 0) is 25.5 Å². The van der Waals surface area contributed by atoms with Crippen LogP contribution >= 0.6 is 0 Å². The van der Waals surface area contributed by atoms with Crippen molar-refractivity contribution in [3.8, 4) is 0 Å². The summed E-state index contributed by atoms with van der Waals surface area (Å²) in [5, 5.41) is 10.2. The van der Waals surface area contributed by atoms with Crippen molar-refractivity contribution in [3.63, 3.8) is 0 Å². The maximum absolute atomic E-state index is 11.3. The minimum atomic E-state index is -0.127. The van der Waals surface area contributed by atoms with Crippen molar-refractivity contribution in [2.24, 2.45) is 0 Å². The van der Waals surface area contributed by atoms with E-state index in [9.17, 15) is 4.79 Å². The highest BCUT2D eigenvalue weighted by Crippen LogP contribution is 2.15. The maximum atomic E-state index is 11.3. The number of rotatable bonds is 2. The molecule has 0 aliphatic carbocycles. The van der Waals surface area contributed by atoms with Crippen LogP contribution in [0.4, 0.5) is 0 Å². The molecule has 0 aromatic carbocycles. The van der Waals surface area contributed by atoms with Crippen molar-refractivity contribution >= 4 is 5.91 Å². The Bertz CT molecular complexity index is 341. The Kier molecular flexibility index (Phi) is 3.01. The second kappa shape index (κ2) is 4.44. The van der Waals surface area contributed by atoms with Gasteiger partial charge < -0.3 is 10.6 Å². The average Bonchev–Trinajstić information content (AvgIpc) is 2.78. The standard InChI is InChI=1S/C10H16N4O/c1-11-10(15)9-4-6-14(13-9)8-3-2-5-12-7-8/h4,6,8,12H,2-3,5,7H2,1H3,(H,11,15)/t8-/m0/s1. The smallest absolute Gasteiger partial charge is 0.271 e. The van der Waals surface area contributed by atoms with Crippen LogP contribution in [-0.4, -0.2) is 35.8 Å². The first kappa shape index (κ1) is 10.2. The molecular weight excluding hydrogens is 192 g/mol. The molecule has 1 fully saturated rings. The second-order valence-corrected chi connectivity index (χ2v) is 3.76. The molecule has 1 saturated heterocycles. The van der Waals surface area contributed by atoms with Gasteiger partial charge in [0, 0.05) is 19.8 Å². The van der Waals surface area contributed by atoms with Crippen LogP contribution in [0.1, 0.15) is 29.4 Å². The third-order valence-electron chi connectivity index (χ3n) is 2.71. The summed E-state index contributed by atoms with van der Waals surface area (Å²) in [6.07, 6.45) is 4.17. The molecule has 1 aromatic heterocycles. The molecule has 0 radical (unpaired) electrons. The Morgan fingerprint density at radius 2 is 2.60 bits per heavy atom. The molecule has 2 heterocycles. The molecule has 15 heavy (non-hydrogen) atoms. The van der Waals surface area contributed by atoms with Crippen LogP contribution in [-0.2, 0) is 0 Å². The lowest BCUT2D eigenvalue weighted by molar-refractivity contribution is 0.0957. The Labute approximate surface area is 88.8 Å². The van der Waals surface area contributed by atoms with E-state index in [4.69, 9.17) is 0 Å². The quantitative estimate of drug-likeness (QED) is 0.728. The summed E-state index contributed by atoms with van der Waals surface area (Å²) in [5.41, 5.74) is 0.489. The molecule has 1 aliphatic heterocycles. The van der Waals surface area contributed by atoms with Crippen LogP contribution in [0.3, 0.4) is 0 Å². The SMILES string of the molecule is CNC(=O)c1ccn([C@H]2CCCNC2)n1. The van der Waals surface area contributed by atoms with Gasteiger partial charge in [-0.1, -0.05) is 0 Å². The number of carbonyl (C=O) groups is 1. The largest absolute Gasteiger partial charge is 0.354 e. The summed E-state index contributed by atoms with van der Waals surface area (Å²) >= 11 is 0. The molecule has 5 heteroatoms. The molecule has 1 aromatic rings. The Morgan fingerprint density at radius 3 is 3.27 bits per heavy atom. The fourth-order valence-corrected chi connectivity index (χ4v) is 1.85. The lowest BCUT2D eigenvalue weighted by Gasteiger charge is -2.22. The van der Waals surface area contributed by atoms with E-state index < -0.39 is 0 Å². The number of piperidine rings is 1. The number of carbonyl (C=O) groups excluding carboxylic acids is 1. The van der Waals surface area contributed by atoms with Crippen molar-refractivity contribution < 1.29 is 4.79 Å². The van der Waals surface area contributed by atoms with Crippen LogP contribution in [0.5, 0.6) is 0 Å². The molecule has 1 aliphatic rings. The van der Waals surface area contributed by atoms with Crippen molar-refractivity contribution in [2.45, 2.75) is 18.9 Å². The first-order valence-electron chi connectivity index (χ1n) is 5.29. The molecule has 0 saturated carbocycles. The molecule has 0 bridgehead atoms. The number of nitrogens with one attached hydrogen (secondary N) is 2. The summed E-state index contributed by atoms with van der Waals surface area (Å²) in [6.45, 7) is 2.02. The van der Waals surface area contributed by atoms with Crippen molar-refractivity contribution in [1.29, 1.82) is 0 Å². The van der Waals surface area contributed by atoms with E-state index in [0.29, 0.717) is 11.7 Å². The van der Waals surface area contributed by atoms with E-state index in [0.717, 1.165) is 19.5 Å². The zero-order valence-corrected chi connectivity index (χ0v) is 8.86. The van der Waals surface area contributed by atoms with E-state index >= 15 is 0 Å². The van der Waals surface area contributed by atoms with Gasteiger partial charge in [0.1, 0.15) is 5.69 Å². The average molecular weight is 208 g/mol. The molecular formula is C10H16N4O. The van der Waals surface area contributed by atoms with Crippen LogP contribution in [0.15, 0.2) is 12.3 Å². The summed E-state index contributed by atoms with van der Waals surface area (Å²) in [6, 6.07) is 2.14. The monoisotopic (exact) mass is 208 g/mol. The normalized spacial score (nSPS) is 21.3. The predicted octanol–water partition coefficient (Wildman–Crippen LogP) is 0.167. The summed E-state index contributed by atoms with van der Waals surface area (Å²) in [7, 11) is 1.61. The van der Waals surface area contributed by atoms with Crippen LogP contribution in [0.25, 0.3) is 0 Å². The predicted molar refractivity (Wildman–Crippen MR) is 56.8 cm³/mol. The maximum Gasteiger partial charge on any atom is 0.271 e. The molecule has 82 valence electrons. The van der Waals surface area contributed by atoms with Crippen LogP contribution in [0, 0.1) is 0 Å². The minimum absolute atomic E-state index is 0.127. The second-order valence-electron chi connectivity index (χ2n) is 3.76. The molecule has 1 atom stereocenters. The van der Waals surface area contributed by atoms with Crippen molar-refractivity contribution in [3.05, 3.63) is 18.0 Å². The van der Waals surface area contributed by atoms with Crippen LogP contribution < -0.4 is 10.6 Å².